The maximum Gasteiger partial charge on any atom is 0.322 e. The molecule has 0 fully saturated rings. The topological polar surface area (TPSA) is 68.0 Å². The number of hydrogen-bond donors (Lipinski definition) is 1. The maximum absolute atomic E-state index is 12.4. The number of amides is 1. The van der Waals surface area contributed by atoms with Crippen LogP contribution in [-0.2, 0) is 0 Å². The van der Waals surface area contributed by atoms with E-state index in [1.54, 1.807) is 29.6 Å². The normalized spacial score (nSPS) is 11.0. The Kier molecular flexibility index (Phi) is 6.58. The second-order valence-electron chi connectivity index (χ2n) is 6.02. The molecule has 1 amide bonds. The lowest BCUT2D eigenvalue weighted by Gasteiger charge is -2.05. The molecule has 140 valence electrons. The fraction of sp³-hybridized carbons (Fsp3) is 0.250. The molecule has 0 aliphatic heterocycles. The number of carbonyl (C=O) groups is 1. The van der Waals surface area contributed by atoms with Crippen molar-refractivity contribution in [2.45, 2.75) is 35.8 Å². The van der Waals surface area contributed by atoms with Gasteiger partial charge in [0.2, 0.25) is 5.89 Å². The molecule has 3 rings (SSSR count). The van der Waals surface area contributed by atoms with Gasteiger partial charge in [0.25, 0.3) is 5.91 Å². The first-order valence-electron chi connectivity index (χ1n) is 8.70. The van der Waals surface area contributed by atoms with Gasteiger partial charge in [-0.15, -0.1) is 28.6 Å². The second-order valence-corrected chi connectivity index (χ2v) is 9.01. The number of benzene rings is 2. The highest BCUT2D eigenvalue weighted by Crippen LogP contribution is 2.28. The molecule has 0 unspecified atom stereocenters. The van der Waals surface area contributed by atoms with Crippen LogP contribution in [0.4, 0.5) is 6.01 Å². The highest BCUT2D eigenvalue weighted by molar-refractivity contribution is 8.00. The third kappa shape index (κ3) is 5.37. The summed E-state index contributed by atoms with van der Waals surface area (Å²) in [4.78, 5) is 14.6. The van der Waals surface area contributed by atoms with Crippen molar-refractivity contribution in [3.63, 3.8) is 0 Å². The van der Waals surface area contributed by atoms with Crippen LogP contribution in [0.1, 0.15) is 31.1 Å². The number of hydrogen-bond acceptors (Lipinski definition) is 6. The fourth-order valence-corrected chi connectivity index (χ4v) is 4.04. The van der Waals surface area contributed by atoms with Crippen LogP contribution in [0.15, 0.2) is 62.7 Å². The van der Waals surface area contributed by atoms with Crippen LogP contribution < -0.4 is 5.32 Å². The van der Waals surface area contributed by atoms with E-state index in [1.165, 1.54) is 0 Å². The Labute approximate surface area is 167 Å². The zero-order chi connectivity index (χ0) is 19.2. The third-order valence-corrected chi connectivity index (χ3v) is 5.38. The smallest absolute Gasteiger partial charge is 0.322 e. The lowest BCUT2D eigenvalue weighted by Crippen LogP contribution is -2.12. The molecule has 0 radical (unpaired) electrons. The van der Waals surface area contributed by atoms with Gasteiger partial charge in [-0.3, -0.25) is 10.1 Å². The Morgan fingerprint density at radius 2 is 1.89 bits per heavy atom. The van der Waals surface area contributed by atoms with Crippen molar-refractivity contribution < 1.29 is 9.21 Å². The fourth-order valence-electron chi connectivity index (χ4n) is 2.43. The number of nitrogens with one attached hydrogen (secondary N) is 1. The lowest BCUT2D eigenvalue weighted by atomic mass is 10.2. The Balaban J connectivity index is 1.72. The standard InChI is InChI=1S/C20H21N3O2S2/c1-4-26-16-9-5-7-14(11-16)18(24)21-20-23-22-19(25-20)15-8-6-10-17(12-15)27-13(2)3/h5-13H,4H2,1-3H3,(H,21,23,24). The zero-order valence-electron chi connectivity index (χ0n) is 15.4. The summed E-state index contributed by atoms with van der Waals surface area (Å²) in [6.45, 7) is 6.36. The van der Waals surface area contributed by atoms with Crippen LogP contribution in [0.5, 0.6) is 0 Å². The molecular weight excluding hydrogens is 378 g/mol. The van der Waals surface area contributed by atoms with E-state index in [9.17, 15) is 4.79 Å². The molecule has 7 heteroatoms. The molecule has 0 aliphatic rings. The number of rotatable bonds is 7. The quantitative estimate of drug-likeness (QED) is 0.522. The van der Waals surface area contributed by atoms with Crippen molar-refractivity contribution in [1.82, 2.24) is 10.2 Å². The first-order chi connectivity index (χ1) is 13.0. The van der Waals surface area contributed by atoms with Crippen LogP contribution in [0.25, 0.3) is 11.5 Å². The average Bonchev–Trinajstić information content (AvgIpc) is 3.10. The van der Waals surface area contributed by atoms with E-state index in [0.717, 1.165) is 21.1 Å². The Bertz CT molecular complexity index is 925. The molecule has 1 aromatic heterocycles. The number of nitrogens with zero attached hydrogens (tertiary/aromatic N) is 2. The van der Waals surface area contributed by atoms with E-state index in [-0.39, 0.29) is 11.9 Å². The molecular formula is C20H21N3O2S2. The van der Waals surface area contributed by atoms with Crippen LogP contribution in [0.2, 0.25) is 0 Å². The third-order valence-electron chi connectivity index (χ3n) is 3.51. The summed E-state index contributed by atoms with van der Waals surface area (Å²) in [7, 11) is 0. The highest BCUT2D eigenvalue weighted by Gasteiger charge is 2.14. The van der Waals surface area contributed by atoms with E-state index in [1.807, 2.05) is 36.4 Å². The van der Waals surface area contributed by atoms with Gasteiger partial charge in [0, 0.05) is 26.2 Å². The first-order valence-corrected chi connectivity index (χ1v) is 10.6. The maximum atomic E-state index is 12.4. The van der Waals surface area contributed by atoms with Crippen molar-refractivity contribution in [3.8, 4) is 11.5 Å². The van der Waals surface area contributed by atoms with E-state index < -0.39 is 0 Å². The van der Waals surface area contributed by atoms with E-state index in [2.05, 4.69) is 42.4 Å². The van der Waals surface area contributed by atoms with Gasteiger partial charge in [0.05, 0.1) is 0 Å². The van der Waals surface area contributed by atoms with E-state index in [4.69, 9.17) is 4.42 Å². The summed E-state index contributed by atoms with van der Waals surface area (Å²) >= 11 is 3.45. The van der Waals surface area contributed by atoms with E-state index in [0.29, 0.717) is 16.7 Å². The molecule has 3 aromatic rings. The predicted molar refractivity (Wildman–Crippen MR) is 112 cm³/mol. The van der Waals surface area contributed by atoms with Gasteiger partial charge in [0.15, 0.2) is 0 Å². The Hall–Kier alpha value is -2.25. The summed E-state index contributed by atoms with van der Waals surface area (Å²) in [5.41, 5.74) is 1.39. The SMILES string of the molecule is CCSc1cccc(C(=O)Nc2nnc(-c3cccc(SC(C)C)c3)o2)c1. The van der Waals surface area contributed by atoms with Gasteiger partial charge in [-0.05, 0) is 42.2 Å². The molecule has 27 heavy (non-hydrogen) atoms. The molecule has 0 spiro atoms. The minimum Gasteiger partial charge on any atom is -0.403 e. The monoisotopic (exact) mass is 399 g/mol. The number of carbonyl (C=O) groups excluding carboxylic acids is 1. The van der Waals surface area contributed by atoms with Crippen molar-refractivity contribution in [2.75, 3.05) is 11.1 Å². The van der Waals surface area contributed by atoms with Crippen LogP contribution in [-0.4, -0.2) is 27.1 Å². The van der Waals surface area contributed by atoms with Crippen LogP contribution in [0, 0.1) is 0 Å². The summed E-state index contributed by atoms with van der Waals surface area (Å²) in [6.07, 6.45) is 0. The zero-order valence-corrected chi connectivity index (χ0v) is 17.1. The first kappa shape index (κ1) is 19.5. The van der Waals surface area contributed by atoms with Gasteiger partial charge in [-0.2, -0.15) is 0 Å². The second kappa shape index (κ2) is 9.10. The van der Waals surface area contributed by atoms with Gasteiger partial charge >= 0.3 is 6.01 Å². The van der Waals surface area contributed by atoms with Crippen LogP contribution in [0.3, 0.4) is 0 Å². The highest BCUT2D eigenvalue weighted by atomic mass is 32.2. The Morgan fingerprint density at radius 3 is 2.67 bits per heavy atom. The summed E-state index contributed by atoms with van der Waals surface area (Å²) in [6, 6.07) is 15.5. The molecule has 0 atom stereocenters. The van der Waals surface area contributed by atoms with Gasteiger partial charge in [-0.25, -0.2) is 0 Å². The van der Waals surface area contributed by atoms with Crippen molar-refractivity contribution in [3.05, 3.63) is 54.1 Å². The van der Waals surface area contributed by atoms with Crippen molar-refractivity contribution >= 4 is 35.4 Å². The van der Waals surface area contributed by atoms with E-state index >= 15 is 0 Å². The largest absolute Gasteiger partial charge is 0.403 e. The average molecular weight is 400 g/mol. The Morgan fingerprint density at radius 1 is 1.11 bits per heavy atom. The summed E-state index contributed by atoms with van der Waals surface area (Å²) in [5.74, 6) is 1.06. The van der Waals surface area contributed by atoms with Crippen molar-refractivity contribution in [2.24, 2.45) is 0 Å². The van der Waals surface area contributed by atoms with Crippen molar-refractivity contribution in [1.29, 1.82) is 0 Å². The molecule has 2 aromatic carbocycles. The summed E-state index contributed by atoms with van der Waals surface area (Å²) in [5, 5.41) is 11.2. The molecule has 0 saturated carbocycles. The van der Waals surface area contributed by atoms with Gasteiger partial charge in [-0.1, -0.05) is 38.0 Å². The van der Waals surface area contributed by atoms with Gasteiger partial charge in [0.1, 0.15) is 0 Å². The predicted octanol–water partition coefficient (Wildman–Crippen LogP) is 5.60. The molecule has 1 heterocycles. The molecule has 0 saturated heterocycles. The lowest BCUT2D eigenvalue weighted by molar-refractivity contribution is 0.102. The van der Waals surface area contributed by atoms with Gasteiger partial charge < -0.3 is 4.42 Å². The number of anilines is 1. The minimum atomic E-state index is -0.270. The minimum absolute atomic E-state index is 0.0884. The molecule has 1 N–H and O–H groups in total. The molecule has 5 nitrogen and oxygen atoms in total. The molecule has 0 bridgehead atoms. The molecule has 0 aliphatic carbocycles. The number of thioether (sulfide) groups is 2. The number of aromatic nitrogens is 2. The van der Waals surface area contributed by atoms with Crippen LogP contribution >= 0.6 is 23.5 Å². The summed E-state index contributed by atoms with van der Waals surface area (Å²) < 4.78 is 5.63.